The molecule has 0 bridgehead atoms. The van der Waals surface area contributed by atoms with E-state index in [-0.39, 0.29) is 24.5 Å². The van der Waals surface area contributed by atoms with Crippen LogP contribution in [-0.2, 0) is 4.79 Å². The molecule has 1 heterocycles. The van der Waals surface area contributed by atoms with E-state index in [4.69, 9.17) is 9.72 Å². The summed E-state index contributed by atoms with van der Waals surface area (Å²) in [6.07, 6.45) is 0.216. The smallest absolute Gasteiger partial charge is 0.224 e. The SMILES string of the molecule is COc1ccc(C)cc1C(=O)CCC(=O)Nc1ccc(-c2csc(-c3ccccc3C)n2)cc1. The molecule has 1 N–H and O–H groups in total. The van der Waals surface area contributed by atoms with E-state index in [1.54, 1.807) is 23.5 Å². The monoisotopic (exact) mass is 470 g/mol. The summed E-state index contributed by atoms with van der Waals surface area (Å²) in [5.41, 5.74) is 6.38. The Bertz CT molecular complexity index is 1330. The molecule has 0 unspecified atom stereocenters. The van der Waals surface area contributed by atoms with Gasteiger partial charge < -0.3 is 10.1 Å². The van der Waals surface area contributed by atoms with E-state index in [0.29, 0.717) is 17.0 Å². The van der Waals surface area contributed by atoms with Crippen LogP contribution in [0.2, 0.25) is 0 Å². The molecule has 3 aromatic carbocycles. The van der Waals surface area contributed by atoms with Gasteiger partial charge in [-0.1, -0.05) is 48.0 Å². The average Bonchev–Trinajstić information content (AvgIpc) is 3.33. The van der Waals surface area contributed by atoms with Crippen LogP contribution in [0.15, 0.2) is 72.1 Å². The summed E-state index contributed by atoms with van der Waals surface area (Å²) in [6.45, 7) is 4.00. The van der Waals surface area contributed by atoms with Gasteiger partial charge in [0.05, 0.1) is 18.4 Å². The molecule has 1 amide bonds. The molecule has 5 nitrogen and oxygen atoms in total. The summed E-state index contributed by atoms with van der Waals surface area (Å²) in [6, 6.07) is 21.2. The predicted octanol–water partition coefficient (Wildman–Crippen LogP) is 6.70. The normalized spacial score (nSPS) is 10.7. The number of anilines is 1. The minimum atomic E-state index is -0.205. The number of nitrogens with zero attached hydrogens (tertiary/aromatic N) is 1. The van der Waals surface area contributed by atoms with E-state index in [0.717, 1.165) is 27.4 Å². The summed E-state index contributed by atoms with van der Waals surface area (Å²) in [4.78, 5) is 29.8. The Balaban J connectivity index is 1.36. The number of nitrogens with one attached hydrogen (secondary N) is 1. The Morgan fingerprint density at radius 1 is 0.971 bits per heavy atom. The highest BCUT2D eigenvalue weighted by atomic mass is 32.1. The van der Waals surface area contributed by atoms with Crippen molar-refractivity contribution in [3.8, 4) is 27.6 Å². The molecule has 0 fully saturated rings. The molecule has 1 aromatic heterocycles. The van der Waals surface area contributed by atoms with Crippen molar-refractivity contribution in [3.63, 3.8) is 0 Å². The maximum absolute atomic E-state index is 12.6. The second kappa shape index (κ2) is 10.4. The van der Waals surface area contributed by atoms with Gasteiger partial charge >= 0.3 is 0 Å². The third kappa shape index (κ3) is 5.41. The standard InChI is InChI=1S/C28H26N2O3S/c1-18-8-14-26(33-3)23(16-18)25(31)13-15-27(32)29-21-11-9-20(10-12-21)24-17-34-28(30-24)22-7-5-4-6-19(22)2/h4-12,14,16-17H,13,15H2,1-3H3,(H,29,32). The quantitative estimate of drug-likeness (QED) is 0.291. The molecule has 34 heavy (non-hydrogen) atoms. The third-order valence-corrected chi connectivity index (χ3v) is 6.45. The summed E-state index contributed by atoms with van der Waals surface area (Å²) in [5, 5.41) is 5.89. The van der Waals surface area contributed by atoms with Crippen molar-refractivity contribution in [1.82, 2.24) is 4.98 Å². The topological polar surface area (TPSA) is 68.3 Å². The second-order valence-corrected chi connectivity index (χ2v) is 8.96. The minimum absolute atomic E-state index is 0.101. The van der Waals surface area contributed by atoms with Crippen LogP contribution < -0.4 is 10.1 Å². The van der Waals surface area contributed by atoms with E-state index >= 15 is 0 Å². The molecule has 6 heteroatoms. The Hall–Kier alpha value is -3.77. The Morgan fingerprint density at radius 2 is 1.74 bits per heavy atom. The van der Waals surface area contributed by atoms with E-state index in [2.05, 4.69) is 24.4 Å². The number of ether oxygens (including phenoxy) is 1. The van der Waals surface area contributed by atoms with Crippen LogP contribution in [0.25, 0.3) is 21.8 Å². The number of hydrogen-bond acceptors (Lipinski definition) is 5. The predicted molar refractivity (Wildman–Crippen MR) is 138 cm³/mol. The molecule has 0 aliphatic heterocycles. The van der Waals surface area contributed by atoms with E-state index in [1.165, 1.54) is 12.7 Å². The number of thiazole rings is 1. The number of amides is 1. The molecular formula is C28H26N2O3S. The molecule has 172 valence electrons. The summed E-state index contributed by atoms with van der Waals surface area (Å²) in [7, 11) is 1.53. The Labute approximate surface area is 203 Å². The zero-order valence-corrected chi connectivity index (χ0v) is 20.2. The summed E-state index contributed by atoms with van der Waals surface area (Å²) < 4.78 is 5.28. The van der Waals surface area contributed by atoms with Gasteiger partial charge in [-0.2, -0.15) is 0 Å². The molecule has 4 rings (SSSR count). The number of Topliss-reactive ketones (excluding diaryl/α,β-unsaturated/α-hetero) is 1. The first-order valence-corrected chi connectivity index (χ1v) is 11.9. The van der Waals surface area contributed by atoms with Gasteiger partial charge in [0.1, 0.15) is 10.8 Å². The van der Waals surface area contributed by atoms with Crippen LogP contribution >= 0.6 is 11.3 Å². The lowest BCUT2D eigenvalue weighted by molar-refractivity contribution is -0.116. The van der Waals surface area contributed by atoms with Crippen molar-refractivity contribution in [2.24, 2.45) is 0 Å². The van der Waals surface area contributed by atoms with Gasteiger partial charge in [0.2, 0.25) is 5.91 Å². The van der Waals surface area contributed by atoms with Crippen molar-refractivity contribution in [2.75, 3.05) is 12.4 Å². The zero-order valence-electron chi connectivity index (χ0n) is 19.4. The van der Waals surface area contributed by atoms with E-state index in [1.807, 2.05) is 54.8 Å². The zero-order chi connectivity index (χ0) is 24.1. The molecule has 0 atom stereocenters. The number of methoxy groups -OCH3 is 1. The third-order valence-electron chi connectivity index (χ3n) is 5.58. The van der Waals surface area contributed by atoms with Crippen LogP contribution in [0.3, 0.4) is 0 Å². The molecule has 0 saturated carbocycles. The van der Waals surface area contributed by atoms with Crippen molar-refractivity contribution < 1.29 is 14.3 Å². The van der Waals surface area contributed by atoms with Crippen molar-refractivity contribution in [1.29, 1.82) is 0 Å². The lowest BCUT2D eigenvalue weighted by atomic mass is 10.0. The van der Waals surface area contributed by atoms with Crippen LogP contribution in [0, 0.1) is 13.8 Å². The first-order valence-electron chi connectivity index (χ1n) is 11.0. The molecule has 0 aliphatic carbocycles. The lowest BCUT2D eigenvalue weighted by Gasteiger charge is -2.09. The fourth-order valence-corrected chi connectivity index (χ4v) is 4.61. The number of benzene rings is 3. The maximum atomic E-state index is 12.6. The van der Waals surface area contributed by atoms with Crippen LogP contribution in [-0.4, -0.2) is 23.8 Å². The van der Waals surface area contributed by atoms with Crippen LogP contribution in [0.4, 0.5) is 5.69 Å². The van der Waals surface area contributed by atoms with Gasteiger partial charge in [0.25, 0.3) is 0 Å². The first kappa shape index (κ1) is 23.4. The Morgan fingerprint density at radius 3 is 2.47 bits per heavy atom. The fourth-order valence-electron chi connectivity index (χ4n) is 3.69. The summed E-state index contributed by atoms with van der Waals surface area (Å²) in [5.74, 6) is 0.210. The van der Waals surface area contributed by atoms with Gasteiger partial charge in [-0.25, -0.2) is 4.98 Å². The van der Waals surface area contributed by atoms with Gasteiger partial charge in [-0.3, -0.25) is 9.59 Å². The molecule has 0 aliphatic rings. The number of aryl methyl sites for hydroxylation is 2. The molecular weight excluding hydrogens is 444 g/mol. The first-order chi connectivity index (χ1) is 16.4. The summed E-state index contributed by atoms with van der Waals surface area (Å²) >= 11 is 1.62. The lowest BCUT2D eigenvalue weighted by Crippen LogP contribution is -2.14. The van der Waals surface area contributed by atoms with E-state index < -0.39 is 0 Å². The number of carbonyl (C=O) groups is 2. The number of aromatic nitrogens is 1. The van der Waals surface area contributed by atoms with Crippen molar-refractivity contribution in [3.05, 3.63) is 88.8 Å². The maximum Gasteiger partial charge on any atom is 0.224 e. The fraction of sp³-hybridized carbons (Fsp3) is 0.179. The molecule has 0 saturated heterocycles. The number of ketones is 1. The minimum Gasteiger partial charge on any atom is -0.496 e. The second-order valence-electron chi connectivity index (χ2n) is 8.11. The highest BCUT2D eigenvalue weighted by Gasteiger charge is 2.15. The van der Waals surface area contributed by atoms with E-state index in [9.17, 15) is 9.59 Å². The van der Waals surface area contributed by atoms with Gasteiger partial charge in [-0.15, -0.1) is 11.3 Å². The molecule has 0 radical (unpaired) electrons. The highest BCUT2D eigenvalue weighted by Crippen LogP contribution is 2.31. The number of hydrogen-bond donors (Lipinski definition) is 1. The van der Waals surface area contributed by atoms with Crippen LogP contribution in [0.5, 0.6) is 5.75 Å². The number of carbonyl (C=O) groups excluding carboxylic acids is 2. The average molecular weight is 471 g/mol. The highest BCUT2D eigenvalue weighted by molar-refractivity contribution is 7.13. The van der Waals surface area contributed by atoms with Crippen molar-refractivity contribution in [2.45, 2.75) is 26.7 Å². The van der Waals surface area contributed by atoms with Crippen molar-refractivity contribution >= 4 is 28.7 Å². The Kier molecular flexibility index (Phi) is 7.18. The van der Waals surface area contributed by atoms with Gasteiger partial charge in [-0.05, 0) is 43.7 Å². The molecule has 0 spiro atoms. The van der Waals surface area contributed by atoms with Gasteiger partial charge in [0, 0.05) is 35.0 Å². The largest absolute Gasteiger partial charge is 0.496 e. The number of rotatable bonds is 8. The van der Waals surface area contributed by atoms with Crippen LogP contribution in [0.1, 0.15) is 34.3 Å². The molecule has 4 aromatic rings. The van der Waals surface area contributed by atoms with Gasteiger partial charge in [0.15, 0.2) is 5.78 Å².